The van der Waals surface area contributed by atoms with Crippen LogP contribution in [0, 0.1) is 0 Å². The molecule has 1 aromatic heterocycles. The van der Waals surface area contributed by atoms with Gasteiger partial charge in [-0.15, -0.1) is 12.4 Å². The molecular weight excluding hydrogens is 286 g/mol. The van der Waals surface area contributed by atoms with E-state index in [0.29, 0.717) is 39.1 Å². The zero-order valence-corrected chi connectivity index (χ0v) is 12.2. The Morgan fingerprint density at radius 2 is 1.84 bits per heavy atom. The smallest absolute Gasteiger partial charge is 0.254 e. The molecule has 1 fully saturated rings. The second kappa shape index (κ2) is 7.47. The second-order valence-electron chi connectivity index (χ2n) is 4.22. The van der Waals surface area contributed by atoms with Gasteiger partial charge in [-0.25, -0.2) is 0 Å². The number of nitrogens with two attached hydrogens (primary N) is 1. The minimum atomic E-state index is 0. The first kappa shape index (κ1) is 15.9. The van der Waals surface area contributed by atoms with Gasteiger partial charge in [-0.2, -0.15) is 11.3 Å². The van der Waals surface area contributed by atoms with Crippen molar-refractivity contribution in [2.75, 3.05) is 32.7 Å². The van der Waals surface area contributed by atoms with E-state index in [9.17, 15) is 9.59 Å². The maximum absolute atomic E-state index is 12.1. The fourth-order valence-corrected chi connectivity index (χ4v) is 2.64. The summed E-state index contributed by atoms with van der Waals surface area (Å²) in [5, 5.41) is 3.75. The lowest BCUT2D eigenvalue weighted by molar-refractivity contribution is -0.132. The van der Waals surface area contributed by atoms with Crippen LogP contribution in [0.3, 0.4) is 0 Å². The second-order valence-corrected chi connectivity index (χ2v) is 5.00. The Kier molecular flexibility index (Phi) is 6.27. The van der Waals surface area contributed by atoms with Crippen molar-refractivity contribution in [2.24, 2.45) is 5.73 Å². The van der Waals surface area contributed by atoms with Gasteiger partial charge >= 0.3 is 0 Å². The summed E-state index contributed by atoms with van der Waals surface area (Å²) in [5.74, 6) is 0.141. The van der Waals surface area contributed by atoms with Crippen molar-refractivity contribution in [1.29, 1.82) is 0 Å². The Hall–Kier alpha value is -1.11. The topological polar surface area (TPSA) is 66.6 Å². The van der Waals surface area contributed by atoms with Gasteiger partial charge in [0.15, 0.2) is 0 Å². The molecule has 2 amide bonds. The standard InChI is InChI=1S/C12H17N3O2S.ClH/c13-3-1-11(16)14-4-6-15(7-5-14)12(17)10-2-8-18-9-10;/h2,8-9H,1,3-7,13H2;1H. The maximum Gasteiger partial charge on any atom is 0.254 e. The van der Waals surface area contributed by atoms with Crippen LogP contribution in [0.25, 0.3) is 0 Å². The Balaban J connectivity index is 0.00000180. The third-order valence-corrected chi connectivity index (χ3v) is 3.73. The van der Waals surface area contributed by atoms with Crippen molar-refractivity contribution >= 4 is 35.6 Å². The van der Waals surface area contributed by atoms with E-state index < -0.39 is 0 Å². The van der Waals surface area contributed by atoms with Crippen LogP contribution in [0.15, 0.2) is 16.8 Å². The summed E-state index contributed by atoms with van der Waals surface area (Å²) >= 11 is 1.52. The van der Waals surface area contributed by atoms with Crippen LogP contribution in [-0.2, 0) is 4.79 Å². The fraction of sp³-hybridized carbons (Fsp3) is 0.500. The van der Waals surface area contributed by atoms with Gasteiger partial charge in [0.25, 0.3) is 5.91 Å². The SMILES string of the molecule is Cl.NCCC(=O)N1CCN(C(=O)c2ccsc2)CC1. The molecule has 106 valence electrons. The molecule has 1 aromatic rings. The first-order chi connectivity index (χ1) is 8.72. The number of hydrogen-bond acceptors (Lipinski definition) is 4. The van der Waals surface area contributed by atoms with Crippen LogP contribution < -0.4 is 5.73 Å². The Morgan fingerprint density at radius 1 is 1.21 bits per heavy atom. The molecule has 7 heteroatoms. The molecule has 2 rings (SSSR count). The lowest BCUT2D eigenvalue weighted by Gasteiger charge is -2.34. The lowest BCUT2D eigenvalue weighted by Crippen LogP contribution is -2.50. The predicted molar refractivity (Wildman–Crippen MR) is 77.7 cm³/mol. The molecule has 0 radical (unpaired) electrons. The summed E-state index contributed by atoms with van der Waals surface area (Å²) in [6, 6.07) is 1.83. The largest absolute Gasteiger partial charge is 0.339 e. The molecule has 19 heavy (non-hydrogen) atoms. The zero-order valence-electron chi connectivity index (χ0n) is 10.6. The van der Waals surface area contributed by atoms with Gasteiger partial charge in [-0.1, -0.05) is 0 Å². The number of amides is 2. The molecular formula is C12H18ClN3O2S. The Labute approximate surface area is 122 Å². The van der Waals surface area contributed by atoms with Gasteiger partial charge < -0.3 is 15.5 Å². The molecule has 0 atom stereocenters. The quantitative estimate of drug-likeness (QED) is 0.898. The van der Waals surface area contributed by atoms with Crippen molar-refractivity contribution in [1.82, 2.24) is 9.80 Å². The molecule has 0 unspecified atom stereocenters. The number of nitrogens with zero attached hydrogens (tertiary/aromatic N) is 2. The van der Waals surface area contributed by atoms with Crippen molar-refractivity contribution < 1.29 is 9.59 Å². The molecule has 1 saturated heterocycles. The molecule has 0 aliphatic carbocycles. The number of halogens is 1. The van der Waals surface area contributed by atoms with Gasteiger partial charge in [0, 0.05) is 44.5 Å². The molecule has 0 saturated carbocycles. The molecule has 5 nitrogen and oxygen atoms in total. The van der Waals surface area contributed by atoms with Gasteiger partial charge in [0.1, 0.15) is 0 Å². The van der Waals surface area contributed by atoms with Gasteiger partial charge in [0.05, 0.1) is 5.56 Å². The normalized spacial score (nSPS) is 15.0. The van der Waals surface area contributed by atoms with E-state index in [1.165, 1.54) is 11.3 Å². The fourth-order valence-electron chi connectivity index (χ4n) is 2.01. The van der Waals surface area contributed by atoms with Crippen LogP contribution >= 0.6 is 23.7 Å². The number of carbonyl (C=O) groups excluding carboxylic acids is 2. The third kappa shape index (κ3) is 3.92. The summed E-state index contributed by atoms with van der Waals surface area (Å²) in [5.41, 5.74) is 6.10. The maximum atomic E-state index is 12.1. The van der Waals surface area contributed by atoms with Crippen LogP contribution in [0.2, 0.25) is 0 Å². The van der Waals surface area contributed by atoms with E-state index in [2.05, 4.69) is 0 Å². The number of carbonyl (C=O) groups is 2. The first-order valence-corrected chi connectivity index (χ1v) is 6.96. The molecule has 2 heterocycles. The van der Waals surface area contributed by atoms with Crippen molar-refractivity contribution in [3.63, 3.8) is 0 Å². The van der Waals surface area contributed by atoms with Gasteiger partial charge in [0.2, 0.25) is 5.91 Å². The number of thiophene rings is 1. The summed E-state index contributed by atoms with van der Waals surface area (Å²) in [6.45, 7) is 2.80. The van der Waals surface area contributed by atoms with E-state index >= 15 is 0 Å². The van der Waals surface area contributed by atoms with Crippen LogP contribution in [0.1, 0.15) is 16.8 Å². The summed E-state index contributed by atoms with van der Waals surface area (Å²) in [7, 11) is 0. The predicted octanol–water partition coefficient (Wildman–Crippen LogP) is 0.803. The van der Waals surface area contributed by atoms with Crippen LogP contribution in [0.5, 0.6) is 0 Å². The minimum absolute atomic E-state index is 0. The number of rotatable bonds is 3. The molecule has 0 spiro atoms. The average Bonchev–Trinajstić information content (AvgIpc) is 2.92. The molecule has 1 aliphatic heterocycles. The summed E-state index contributed by atoms with van der Waals surface area (Å²) in [4.78, 5) is 27.3. The van der Waals surface area contributed by atoms with Crippen molar-refractivity contribution in [2.45, 2.75) is 6.42 Å². The van der Waals surface area contributed by atoms with E-state index in [1.807, 2.05) is 16.8 Å². The van der Waals surface area contributed by atoms with Crippen molar-refractivity contribution in [3.05, 3.63) is 22.4 Å². The summed E-state index contributed by atoms with van der Waals surface area (Å²) in [6.07, 6.45) is 0.387. The number of piperazine rings is 1. The monoisotopic (exact) mass is 303 g/mol. The van der Waals surface area contributed by atoms with E-state index in [1.54, 1.807) is 9.80 Å². The van der Waals surface area contributed by atoms with Crippen molar-refractivity contribution in [3.8, 4) is 0 Å². The van der Waals surface area contributed by atoms with Gasteiger partial charge in [-0.3, -0.25) is 9.59 Å². The van der Waals surface area contributed by atoms with Crippen LogP contribution in [-0.4, -0.2) is 54.3 Å². The highest BCUT2D eigenvalue weighted by Gasteiger charge is 2.24. The number of hydrogen-bond donors (Lipinski definition) is 1. The zero-order chi connectivity index (χ0) is 13.0. The summed E-state index contributed by atoms with van der Waals surface area (Å²) < 4.78 is 0. The minimum Gasteiger partial charge on any atom is -0.339 e. The Morgan fingerprint density at radius 3 is 2.37 bits per heavy atom. The van der Waals surface area contributed by atoms with Crippen LogP contribution in [0.4, 0.5) is 0 Å². The molecule has 0 bridgehead atoms. The highest BCUT2D eigenvalue weighted by Crippen LogP contribution is 2.12. The molecule has 0 aromatic carbocycles. The highest BCUT2D eigenvalue weighted by molar-refractivity contribution is 7.08. The molecule has 2 N–H and O–H groups in total. The Bertz CT molecular complexity index is 417. The van der Waals surface area contributed by atoms with E-state index in [0.717, 1.165) is 5.56 Å². The van der Waals surface area contributed by atoms with Gasteiger partial charge in [-0.05, 0) is 11.4 Å². The highest BCUT2D eigenvalue weighted by atomic mass is 35.5. The molecule has 1 aliphatic rings. The first-order valence-electron chi connectivity index (χ1n) is 6.01. The van der Waals surface area contributed by atoms with E-state index in [4.69, 9.17) is 5.73 Å². The van der Waals surface area contributed by atoms with E-state index in [-0.39, 0.29) is 24.2 Å². The lowest BCUT2D eigenvalue weighted by atomic mass is 10.2. The average molecular weight is 304 g/mol. The third-order valence-electron chi connectivity index (χ3n) is 3.05.